The summed E-state index contributed by atoms with van der Waals surface area (Å²) < 4.78 is 0. The van der Waals surface area contributed by atoms with Crippen LogP contribution in [-0.4, -0.2) is 5.78 Å². The molecule has 0 aromatic heterocycles. The highest BCUT2D eigenvalue weighted by molar-refractivity contribution is 5.81. The van der Waals surface area contributed by atoms with Gasteiger partial charge in [-0.05, 0) is 38.0 Å². The molecule has 0 aliphatic heterocycles. The maximum absolute atomic E-state index is 11.3. The Balaban J connectivity index is 2.62. The molecule has 1 aliphatic rings. The lowest BCUT2D eigenvalue weighted by Crippen LogP contribution is -2.33. The summed E-state index contributed by atoms with van der Waals surface area (Å²) in [6.07, 6.45) is 4.55. The van der Waals surface area contributed by atoms with Gasteiger partial charge in [-0.3, -0.25) is 4.79 Å². The Bertz CT molecular complexity index is 181. The van der Waals surface area contributed by atoms with Crippen LogP contribution in [0.1, 0.15) is 53.4 Å². The van der Waals surface area contributed by atoms with E-state index in [4.69, 9.17) is 0 Å². The molecule has 70 valence electrons. The maximum atomic E-state index is 11.3. The molecule has 1 saturated carbocycles. The number of rotatable bonds is 1. The highest BCUT2D eigenvalue weighted by Gasteiger charge is 2.37. The molecule has 1 nitrogen and oxygen atoms in total. The molecule has 0 atom stereocenters. The van der Waals surface area contributed by atoms with Crippen LogP contribution in [0.25, 0.3) is 0 Å². The molecule has 1 rings (SSSR count). The van der Waals surface area contributed by atoms with E-state index in [1.54, 1.807) is 6.92 Å². The molecule has 0 aromatic carbocycles. The van der Waals surface area contributed by atoms with Crippen molar-refractivity contribution in [3.05, 3.63) is 0 Å². The molecule has 1 aliphatic carbocycles. The fourth-order valence-corrected chi connectivity index (χ4v) is 1.83. The van der Waals surface area contributed by atoms with E-state index < -0.39 is 0 Å². The fourth-order valence-electron chi connectivity index (χ4n) is 1.83. The minimum absolute atomic E-state index is 0.00444. The third-order valence-corrected chi connectivity index (χ3v) is 3.56. The summed E-state index contributed by atoms with van der Waals surface area (Å²) >= 11 is 0. The van der Waals surface area contributed by atoms with E-state index in [-0.39, 0.29) is 5.41 Å². The zero-order valence-corrected chi connectivity index (χ0v) is 8.74. The molecule has 1 heteroatoms. The van der Waals surface area contributed by atoms with Crippen LogP contribution in [0.5, 0.6) is 0 Å². The van der Waals surface area contributed by atoms with Crippen LogP contribution in [0.3, 0.4) is 0 Å². The van der Waals surface area contributed by atoms with Gasteiger partial charge in [-0.2, -0.15) is 0 Å². The Hall–Kier alpha value is -0.330. The van der Waals surface area contributed by atoms with Gasteiger partial charge in [0.15, 0.2) is 0 Å². The number of ketones is 1. The smallest absolute Gasteiger partial charge is 0.135 e. The predicted octanol–water partition coefficient (Wildman–Crippen LogP) is 3.18. The fraction of sp³-hybridized carbons (Fsp3) is 0.909. The van der Waals surface area contributed by atoms with Crippen molar-refractivity contribution in [1.29, 1.82) is 0 Å². The summed E-state index contributed by atoms with van der Waals surface area (Å²) in [4.78, 5) is 11.3. The van der Waals surface area contributed by atoms with E-state index in [0.717, 1.165) is 12.8 Å². The molecule has 0 spiro atoms. The SMILES string of the molecule is CC(=O)C1(C)CCC(C)(C)CC1. The lowest BCUT2D eigenvalue weighted by molar-refractivity contribution is -0.128. The topological polar surface area (TPSA) is 17.1 Å². The second-order valence-electron chi connectivity index (χ2n) is 5.28. The van der Waals surface area contributed by atoms with Crippen LogP contribution in [0.15, 0.2) is 0 Å². The van der Waals surface area contributed by atoms with E-state index in [9.17, 15) is 4.79 Å². The Kier molecular flexibility index (Phi) is 2.33. The Morgan fingerprint density at radius 3 is 1.75 bits per heavy atom. The summed E-state index contributed by atoms with van der Waals surface area (Å²) in [6, 6.07) is 0. The van der Waals surface area contributed by atoms with Gasteiger partial charge in [-0.1, -0.05) is 20.8 Å². The van der Waals surface area contributed by atoms with E-state index in [1.165, 1.54) is 12.8 Å². The lowest BCUT2D eigenvalue weighted by atomic mass is 9.64. The van der Waals surface area contributed by atoms with E-state index in [1.807, 2.05) is 0 Å². The molecule has 0 unspecified atom stereocenters. The normalized spacial score (nSPS) is 26.7. The van der Waals surface area contributed by atoms with Gasteiger partial charge >= 0.3 is 0 Å². The summed E-state index contributed by atoms with van der Waals surface area (Å²) in [5.74, 6) is 0.373. The molecule has 0 heterocycles. The van der Waals surface area contributed by atoms with Crippen molar-refractivity contribution in [2.24, 2.45) is 10.8 Å². The minimum Gasteiger partial charge on any atom is -0.299 e. The largest absolute Gasteiger partial charge is 0.299 e. The number of hydrogen-bond acceptors (Lipinski definition) is 1. The number of carbonyl (C=O) groups is 1. The first-order valence-corrected chi connectivity index (χ1v) is 4.87. The summed E-state index contributed by atoms with van der Waals surface area (Å²) in [5.41, 5.74) is 0.463. The molecule has 0 N–H and O–H groups in total. The standard InChI is InChI=1S/C11H20O/c1-9(12)11(4)7-5-10(2,3)6-8-11/h5-8H2,1-4H3. The van der Waals surface area contributed by atoms with Crippen molar-refractivity contribution in [2.75, 3.05) is 0 Å². The first-order chi connectivity index (χ1) is 5.36. The van der Waals surface area contributed by atoms with Crippen molar-refractivity contribution >= 4 is 5.78 Å². The Morgan fingerprint density at radius 1 is 1.00 bits per heavy atom. The van der Waals surface area contributed by atoms with Gasteiger partial charge in [-0.15, -0.1) is 0 Å². The van der Waals surface area contributed by atoms with Crippen molar-refractivity contribution < 1.29 is 4.79 Å². The second kappa shape index (κ2) is 2.86. The first-order valence-electron chi connectivity index (χ1n) is 4.87. The van der Waals surface area contributed by atoms with Crippen molar-refractivity contribution in [1.82, 2.24) is 0 Å². The molecule has 0 aromatic rings. The zero-order chi connectivity index (χ0) is 9.41. The van der Waals surface area contributed by atoms with Crippen molar-refractivity contribution in [3.8, 4) is 0 Å². The van der Waals surface area contributed by atoms with E-state index >= 15 is 0 Å². The Morgan fingerprint density at radius 2 is 1.42 bits per heavy atom. The van der Waals surface area contributed by atoms with Gasteiger partial charge in [0.1, 0.15) is 5.78 Å². The van der Waals surface area contributed by atoms with Crippen LogP contribution >= 0.6 is 0 Å². The van der Waals surface area contributed by atoms with Crippen LogP contribution in [0.4, 0.5) is 0 Å². The van der Waals surface area contributed by atoms with Crippen LogP contribution in [-0.2, 0) is 4.79 Å². The minimum atomic E-state index is -0.00444. The molecule has 1 fully saturated rings. The molecular weight excluding hydrogens is 148 g/mol. The first kappa shape index (κ1) is 9.76. The second-order valence-corrected chi connectivity index (χ2v) is 5.28. The Labute approximate surface area is 75.5 Å². The zero-order valence-electron chi connectivity index (χ0n) is 8.74. The average Bonchev–Trinajstić information content (AvgIpc) is 1.96. The van der Waals surface area contributed by atoms with E-state index in [2.05, 4.69) is 20.8 Å². The van der Waals surface area contributed by atoms with Crippen molar-refractivity contribution in [3.63, 3.8) is 0 Å². The third kappa shape index (κ3) is 1.88. The van der Waals surface area contributed by atoms with Crippen LogP contribution in [0.2, 0.25) is 0 Å². The van der Waals surface area contributed by atoms with Gasteiger partial charge in [0.25, 0.3) is 0 Å². The average molecular weight is 168 g/mol. The monoisotopic (exact) mass is 168 g/mol. The highest BCUT2D eigenvalue weighted by atomic mass is 16.1. The number of hydrogen-bond donors (Lipinski definition) is 0. The summed E-state index contributed by atoms with van der Waals surface area (Å²) in [7, 11) is 0. The van der Waals surface area contributed by atoms with Gasteiger partial charge in [-0.25, -0.2) is 0 Å². The third-order valence-electron chi connectivity index (χ3n) is 3.56. The quantitative estimate of drug-likeness (QED) is 0.587. The molecule has 0 bridgehead atoms. The summed E-state index contributed by atoms with van der Waals surface area (Å²) in [5, 5.41) is 0. The highest BCUT2D eigenvalue weighted by Crippen LogP contribution is 2.45. The van der Waals surface area contributed by atoms with E-state index in [0.29, 0.717) is 11.2 Å². The molecule has 12 heavy (non-hydrogen) atoms. The van der Waals surface area contributed by atoms with Gasteiger partial charge in [0.05, 0.1) is 0 Å². The summed E-state index contributed by atoms with van der Waals surface area (Å²) in [6.45, 7) is 8.45. The number of Topliss-reactive ketones (excluding diaryl/α,β-unsaturated/α-hetero) is 1. The lowest BCUT2D eigenvalue weighted by Gasteiger charge is -2.39. The predicted molar refractivity (Wildman–Crippen MR) is 51.0 cm³/mol. The number of carbonyl (C=O) groups excluding carboxylic acids is 1. The van der Waals surface area contributed by atoms with Crippen molar-refractivity contribution in [2.45, 2.75) is 53.4 Å². The van der Waals surface area contributed by atoms with Gasteiger partial charge in [0.2, 0.25) is 0 Å². The van der Waals surface area contributed by atoms with Crippen LogP contribution < -0.4 is 0 Å². The van der Waals surface area contributed by atoms with Gasteiger partial charge in [0, 0.05) is 5.41 Å². The molecule has 0 amide bonds. The van der Waals surface area contributed by atoms with Gasteiger partial charge < -0.3 is 0 Å². The molecule has 0 saturated heterocycles. The molecular formula is C11H20O. The maximum Gasteiger partial charge on any atom is 0.135 e. The molecule has 0 radical (unpaired) electrons. The van der Waals surface area contributed by atoms with Crippen LogP contribution in [0, 0.1) is 10.8 Å².